The maximum absolute atomic E-state index is 11.8. The van der Waals surface area contributed by atoms with E-state index in [1.807, 2.05) is 38.1 Å². The van der Waals surface area contributed by atoms with E-state index >= 15 is 0 Å². The molecule has 1 rings (SSSR count). The van der Waals surface area contributed by atoms with Crippen molar-refractivity contribution >= 4 is 5.91 Å². The fourth-order valence-electron chi connectivity index (χ4n) is 1.50. The fourth-order valence-corrected chi connectivity index (χ4v) is 1.50. The summed E-state index contributed by atoms with van der Waals surface area (Å²) in [6.07, 6.45) is 0.141. The maximum atomic E-state index is 11.8. The zero-order valence-electron chi connectivity index (χ0n) is 10.7. The molecule has 1 amide bonds. The molecule has 1 unspecified atom stereocenters. The second kappa shape index (κ2) is 7.46. The highest BCUT2D eigenvalue weighted by Gasteiger charge is 2.19. The molecule has 96 valence electrons. The summed E-state index contributed by atoms with van der Waals surface area (Å²) >= 11 is 0. The van der Waals surface area contributed by atoms with Crippen molar-refractivity contribution in [2.75, 3.05) is 13.2 Å². The van der Waals surface area contributed by atoms with E-state index in [1.165, 1.54) is 0 Å². The van der Waals surface area contributed by atoms with E-state index < -0.39 is 5.92 Å². The monoisotopic (exact) mass is 246 g/mol. The van der Waals surface area contributed by atoms with Gasteiger partial charge >= 0.3 is 0 Å². The van der Waals surface area contributed by atoms with Crippen molar-refractivity contribution in [3.63, 3.8) is 0 Å². The molecule has 0 aliphatic rings. The SMILES string of the molecule is CC(C)OCCNC(=O)C(C#N)c1ccccc1. The molecule has 0 radical (unpaired) electrons. The van der Waals surface area contributed by atoms with E-state index in [9.17, 15) is 4.79 Å². The lowest BCUT2D eigenvalue weighted by molar-refractivity contribution is -0.121. The van der Waals surface area contributed by atoms with Gasteiger partial charge in [0.15, 0.2) is 0 Å². The second-order valence-corrected chi connectivity index (χ2v) is 4.18. The normalized spacial score (nSPS) is 11.9. The standard InChI is InChI=1S/C14H18N2O2/c1-11(2)18-9-8-16-14(17)13(10-15)12-6-4-3-5-7-12/h3-7,11,13H,8-9H2,1-2H3,(H,16,17). The molecule has 0 saturated carbocycles. The van der Waals surface area contributed by atoms with Gasteiger partial charge in [-0.3, -0.25) is 4.79 Å². The summed E-state index contributed by atoms with van der Waals surface area (Å²) in [5.74, 6) is -1.04. The predicted molar refractivity (Wildman–Crippen MR) is 68.9 cm³/mol. The van der Waals surface area contributed by atoms with E-state index in [0.29, 0.717) is 18.7 Å². The minimum Gasteiger partial charge on any atom is -0.377 e. The van der Waals surface area contributed by atoms with E-state index in [1.54, 1.807) is 12.1 Å². The Labute approximate surface area is 108 Å². The van der Waals surface area contributed by atoms with Gasteiger partial charge in [-0.15, -0.1) is 0 Å². The lowest BCUT2D eigenvalue weighted by atomic mass is 10.00. The van der Waals surface area contributed by atoms with Crippen LogP contribution >= 0.6 is 0 Å². The molecule has 0 heterocycles. The molecule has 1 aromatic rings. The van der Waals surface area contributed by atoms with Crippen LogP contribution in [0.4, 0.5) is 0 Å². The smallest absolute Gasteiger partial charge is 0.241 e. The Bertz CT molecular complexity index is 410. The number of benzene rings is 1. The largest absolute Gasteiger partial charge is 0.377 e. The van der Waals surface area contributed by atoms with Crippen molar-refractivity contribution in [2.24, 2.45) is 0 Å². The summed E-state index contributed by atoms with van der Waals surface area (Å²) in [5, 5.41) is 11.8. The first-order valence-electron chi connectivity index (χ1n) is 5.99. The summed E-state index contributed by atoms with van der Waals surface area (Å²) < 4.78 is 5.31. The quantitative estimate of drug-likeness (QED) is 0.779. The molecule has 0 aromatic heterocycles. The van der Waals surface area contributed by atoms with Gasteiger partial charge in [-0.25, -0.2) is 0 Å². The van der Waals surface area contributed by atoms with Crippen LogP contribution in [0.1, 0.15) is 25.3 Å². The number of hydrogen-bond acceptors (Lipinski definition) is 3. The number of ether oxygens (including phenoxy) is 1. The average Bonchev–Trinajstić information content (AvgIpc) is 2.36. The first-order valence-corrected chi connectivity index (χ1v) is 5.99. The van der Waals surface area contributed by atoms with Gasteiger partial charge in [0.05, 0.1) is 18.8 Å². The van der Waals surface area contributed by atoms with E-state index in [4.69, 9.17) is 10.00 Å². The Morgan fingerprint density at radius 1 is 1.39 bits per heavy atom. The van der Waals surface area contributed by atoms with Crippen molar-refractivity contribution in [3.8, 4) is 6.07 Å². The van der Waals surface area contributed by atoms with Crippen LogP contribution in [0.25, 0.3) is 0 Å². The number of nitriles is 1. The first-order chi connectivity index (χ1) is 8.65. The van der Waals surface area contributed by atoms with Crippen LogP contribution in [0.2, 0.25) is 0 Å². The molecule has 1 aromatic carbocycles. The third kappa shape index (κ3) is 4.56. The summed E-state index contributed by atoms with van der Waals surface area (Å²) in [5.41, 5.74) is 0.710. The summed E-state index contributed by atoms with van der Waals surface area (Å²) in [6, 6.07) is 11.0. The molecule has 1 N–H and O–H groups in total. The Morgan fingerprint density at radius 2 is 2.06 bits per heavy atom. The van der Waals surface area contributed by atoms with Gasteiger partial charge in [-0.1, -0.05) is 30.3 Å². The van der Waals surface area contributed by atoms with Crippen LogP contribution < -0.4 is 5.32 Å². The van der Waals surface area contributed by atoms with Crippen molar-refractivity contribution in [2.45, 2.75) is 25.9 Å². The van der Waals surface area contributed by atoms with Crippen LogP contribution in [0.3, 0.4) is 0 Å². The zero-order valence-corrected chi connectivity index (χ0v) is 10.7. The van der Waals surface area contributed by atoms with Crippen LogP contribution in [-0.4, -0.2) is 25.2 Å². The second-order valence-electron chi connectivity index (χ2n) is 4.18. The topological polar surface area (TPSA) is 62.1 Å². The van der Waals surface area contributed by atoms with Gasteiger partial charge < -0.3 is 10.1 Å². The summed E-state index contributed by atoms with van der Waals surface area (Å²) in [6.45, 7) is 4.74. The molecule has 0 aliphatic heterocycles. The minimum absolute atomic E-state index is 0.141. The van der Waals surface area contributed by atoms with Gasteiger partial charge in [0.25, 0.3) is 0 Å². The first kappa shape index (κ1) is 14.2. The van der Waals surface area contributed by atoms with Crippen molar-refractivity contribution in [1.82, 2.24) is 5.32 Å². The number of carbonyl (C=O) groups excluding carboxylic acids is 1. The highest BCUT2D eigenvalue weighted by atomic mass is 16.5. The third-order valence-electron chi connectivity index (χ3n) is 2.38. The van der Waals surface area contributed by atoms with Crippen LogP contribution in [0.15, 0.2) is 30.3 Å². The number of hydrogen-bond donors (Lipinski definition) is 1. The molecular formula is C14H18N2O2. The van der Waals surface area contributed by atoms with Crippen LogP contribution in [0, 0.1) is 11.3 Å². The number of rotatable bonds is 6. The molecule has 0 fully saturated rings. The Balaban J connectivity index is 2.47. The number of amides is 1. The summed E-state index contributed by atoms with van der Waals surface area (Å²) in [7, 11) is 0. The Hall–Kier alpha value is -1.86. The minimum atomic E-state index is -0.759. The molecular weight excluding hydrogens is 228 g/mol. The fraction of sp³-hybridized carbons (Fsp3) is 0.429. The van der Waals surface area contributed by atoms with Crippen molar-refractivity contribution in [3.05, 3.63) is 35.9 Å². The molecule has 1 atom stereocenters. The Kier molecular flexibility index (Phi) is 5.89. The van der Waals surface area contributed by atoms with Gasteiger partial charge in [-0.2, -0.15) is 5.26 Å². The van der Waals surface area contributed by atoms with E-state index in [0.717, 1.165) is 0 Å². The summed E-state index contributed by atoms with van der Waals surface area (Å²) in [4.78, 5) is 11.8. The Morgan fingerprint density at radius 3 is 2.61 bits per heavy atom. The van der Waals surface area contributed by atoms with E-state index in [2.05, 4.69) is 5.32 Å². The predicted octanol–water partition coefficient (Wildman–Crippen LogP) is 1.83. The molecule has 4 nitrogen and oxygen atoms in total. The molecule has 0 bridgehead atoms. The molecule has 0 spiro atoms. The van der Waals surface area contributed by atoms with Crippen LogP contribution in [-0.2, 0) is 9.53 Å². The van der Waals surface area contributed by atoms with Crippen molar-refractivity contribution < 1.29 is 9.53 Å². The van der Waals surface area contributed by atoms with Crippen LogP contribution in [0.5, 0.6) is 0 Å². The maximum Gasteiger partial charge on any atom is 0.241 e. The highest BCUT2D eigenvalue weighted by molar-refractivity contribution is 5.86. The molecule has 18 heavy (non-hydrogen) atoms. The molecule has 4 heteroatoms. The van der Waals surface area contributed by atoms with Gasteiger partial charge in [0.1, 0.15) is 5.92 Å². The number of nitrogens with one attached hydrogen (secondary N) is 1. The van der Waals surface area contributed by atoms with Gasteiger partial charge in [0.2, 0.25) is 5.91 Å². The number of carbonyl (C=O) groups is 1. The third-order valence-corrected chi connectivity index (χ3v) is 2.38. The zero-order chi connectivity index (χ0) is 13.4. The average molecular weight is 246 g/mol. The highest BCUT2D eigenvalue weighted by Crippen LogP contribution is 2.14. The lowest BCUT2D eigenvalue weighted by Crippen LogP contribution is -2.32. The molecule has 0 saturated heterocycles. The number of nitrogens with zero attached hydrogens (tertiary/aromatic N) is 1. The van der Waals surface area contributed by atoms with Crippen molar-refractivity contribution in [1.29, 1.82) is 5.26 Å². The van der Waals surface area contributed by atoms with E-state index in [-0.39, 0.29) is 12.0 Å². The lowest BCUT2D eigenvalue weighted by Gasteiger charge is -2.11. The van der Waals surface area contributed by atoms with Gasteiger partial charge in [0, 0.05) is 6.54 Å². The van der Waals surface area contributed by atoms with Gasteiger partial charge in [-0.05, 0) is 19.4 Å². The molecule has 0 aliphatic carbocycles.